The van der Waals surface area contributed by atoms with Crippen molar-refractivity contribution in [3.05, 3.63) is 120 Å². The van der Waals surface area contributed by atoms with Gasteiger partial charge in [0.25, 0.3) is 30.4 Å². The minimum atomic E-state index is -4.02. The Morgan fingerprint density at radius 3 is 1.28 bits per heavy atom. The topological polar surface area (TPSA) is 191 Å². The summed E-state index contributed by atoms with van der Waals surface area (Å²) >= 11 is 0. The molecule has 1 aromatic heterocycles. The fraction of sp³-hybridized carbons (Fsp3) is 0.281. The van der Waals surface area contributed by atoms with Gasteiger partial charge >= 0.3 is 0 Å². The molecule has 256 valence electrons. The van der Waals surface area contributed by atoms with Crippen LogP contribution in [0, 0.1) is 20.8 Å². The average Bonchev–Trinajstić information content (AvgIpc) is 3.27. The van der Waals surface area contributed by atoms with E-state index in [2.05, 4.69) is 27.3 Å². The molecular weight excluding hydrogens is 667 g/mol. The van der Waals surface area contributed by atoms with Crippen molar-refractivity contribution in [2.45, 2.75) is 48.4 Å². The molecule has 0 amide bonds. The van der Waals surface area contributed by atoms with Crippen molar-refractivity contribution in [1.29, 1.82) is 0 Å². The molecule has 0 spiro atoms. The number of hydrogen-bond acceptors (Lipinski definition) is 9. The molecule has 47 heavy (non-hydrogen) atoms. The molecule has 4 N–H and O–H groups in total. The van der Waals surface area contributed by atoms with Crippen LogP contribution in [0.25, 0.3) is 0 Å². The van der Waals surface area contributed by atoms with Gasteiger partial charge in [-0.25, -0.2) is 0 Å². The Labute approximate surface area is 277 Å². The second-order valence-electron chi connectivity index (χ2n) is 10.6. The van der Waals surface area contributed by atoms with Crippen LogP contribution in [0.2, 0.25) is 0 Å². The number of rotatable bonds is 5. The van der Waals surface area contributed by atoms with Gasteiger partial charge in [-0.2, -0.15) is 25.3 Å². The SMILES string of the molecule is Cc1ccc(S(=O)(=O)O)cc1.Cc1ccc(S(=O)(=O)O)cc1.Cc1ccc(S(=O)(=O)O)cc1.c1cc(CN2CCCNCC2)ccn1. The molecule has 15 heteroatoms. The van der Waals surface area contributed by atoms with Gasteiger partial charge in [0.15, 0.2) is 0 Å². The lowest BCUT2D eigenvalue weighted by Crippen LogP contribution is -2.27. The molecule has 3 aromatic carbocycles. The van der Waals surface area contributed by atoms with Gasteiger partial charge in [0.2, 0.25) is 0 Å². The lowest BCUT2D eigenvalue weighted by atomic mass is 10.2. The third-order valence-corrected chi connectivity index (χ3v) is 9.15. The Balaban J connectivity index is 0.000000219. The summed E-state index contributed by atoms with van der Waals surface area (Å²) in [4.78, 5) is 6.32. The minimum absolute atomic E-state index is 0.0666. The van der Waals surface area contributed by atoms with Crippen LogP contribution in [-0.2, 0) is 36.9 Å². The molecule has 0 saturated carbocycles. The monoisotopic (exact) mass is 707 g/mol. The standard InChI is InChI=1S/C11H17N3.3C7H8O3S/c1-4-12-7-9-14(8-1)10-11-2-5-13-6-3-11;3*1-6-2-4-7(5-3-6)11(8,9)10/h2-3,5-6,12H,1,4,7-10H2;3*2-5H,1H3,(H,8,9,10). The van der Waals surface area contributed by atoms with Gasteiger partial charge < -0.3 is 5.32 Å². The Morgan fingerprint density at radius 1 is 0.574 bits per heavy atom. The maximum absolute atomic E-state index is 10.5. The highest BCUT2D eigenvalue weighted by molar-refractivity contribution is 7.86. The maximum Gasteiger partial charge on any atom is 0.294 e. The van der Waals surface area contributed by atoms with Gasteiger partial charge in [0.1, 0.15) is 0 Å². The van der Waals surface area contributed by atoms with E-state index in [-0.39, 0.29) is 14.7 Å². The van der Waals surface area contributed by atoms with E-state index in [9.17, 15) is 25.3 Å². The van der Waals surface area contributed by atoms with Crippen molar-refractivity contribution in [1.82, 2.24) is 15.2 Å². The van der Waals surface area contributed by atoms with Gasteiger partial charge in [-0.15, -0.1) is 0 Å². The van der Waals surface area contributed by atoms with E-state index < -0.39 is 30.4 Å². The van der Waals surface area contributed by atoms with E-state index in [0.29, 0.717) is 0 Å². The maximum atomic E-state index is 10.5. The molecule has 1 aliphatic heterocycles. The zero-order valence-electron chi connectivity index (χ0n) is 26.4. The third kappa shape index (κ3) is 16.2. The summed E-state index contributed by atoms with van der Waals surface area (Å²) in [5, 5.41) is 3.41. The van der Waals surface area contributed by atoms with Gasteiger partial charge in [0, 0.05) is 32.0 Å². The van der Waals surface area contributed by atoms with Crippen molar-refractivity contribution in [3.63, 3.8) is 0 Å². The first-order valence-corrected chi connectivity index (χ1v) is 18.7. The molecule has 0 aliphatic carbocycles. The van der Waals surface area contributed by atoms with Crippen LogP contribution in [0.1, 0.15) is 28.7 Å². The summed E-state index contributed by atoms with van der Waals surface area (Å²) < 4.78 is 88.7. The summed E-state index contributed by atoms with van der Waals surface area (Å²) in [5.41, 5.74) is 4.23. The largest absolute Gasteiger partial charge is 0.315 e. The smallest absolute Gasteiger partial charge is 0.294 e. The highest BCUT2D eigenvalue weighted by atomic mass is 32.2. The summed E-state index contributed by atoms with van der Waals surface area (Å²) in [7, 11) is -12.1. The molecule has 4 aromatic rings. The van der Waals surface area contributed by atoms with Gasteiger partial charge in [0.05, 0.1) is 14.7 Å². The Hall–Kier alpha value is -3.54. The molecule has 0 bridgehead atoms. The van der Waals surface area contributed by atoms with Crippen molar-refractivity contribution >= 4 is 30.4 Å². The average molecular weight is 708 g/mol. The summed E-state index contributed by atoms with van der Waals surface area (Å²) in [6, 6.07) is 22.2. The molecular formula is C32H41N3O9S3. The number of aromatic nitrogens is 1. The Morgan fingerprint density at radius 2 is 0.936 bits per heavy atom. The fourth-order valence-electron chi connectivity index (χ4n) is 3.94. The van der Waals surface area contributed by atoms with E-state index in [4.69, 9.17) is 13.7 Å². The number of hydrogen-bond donors (Lipinski definition) is 4. The van der Waals surface area contributed by atoms with Crippen LogP contribution in [0.5, 0.6) is 0 Å². The Bertz CT molecular complexity index is 1650. The predicted octanol–water partition coefficient (Wildman–Crippen LogP) is 4.60. The minimum Gasteiger partial charge on any atom is -0.315 e. The van der Waals surface area contributed by atoms with E-state index in [1.165, 1.54) is 54.9 Å². The summed E-state index contributed by atoms with van der Waals surface area (Å²) in [5.74, 6) is 0. The van der Waals surface area contributed by atoms with E-state index in [1.807, 2.05) is 33.2 Å². The molecule has 0 radical (unpaired) electrons. The lowest BCUT2D eigenvalue weighted by molar-refractivity contribution is 0.284. The molecule has 0 unspecified atom stereocenters. The van der Waals surface area contributed by atoms with Gasteiger partial charge in [-0.05, 0) is 94.4 Å². The van der Waals surface area contributed by atoms with Crippen molar-refractivity contribution < 1.29 is 38.9 Å². The van der Waals surface area contributed by atoms with Crippen LogP contribution in [0.15, 0.2) is 112 Å². The first kappa shape index (κ1) is 39.6. The molecule has 12 nitrogen and oxygen atoms in total. The van der Waals surface area contributed by atoms with Crippen molar-refractivity contribution in [2.75, 3.05) is 26.2 Å². The number of pyridine rings is 1. The highest BCUT2D eigenvalue weighted by Crippen LogP contribution is 2.10. The quantitative estimate of drug-likeness (QED) is 0.211. The van der Waals surface area contributed by atoms with Crippen LogP contribution in [0.4, 0.5) is 0 Å². The van der Waals surface area contributed by atoms with E-state index in [0.717, 1.165) is 42.9 Å². The van der Waals surface area contributed by atoms with Gasteiger partial charge in [-0.1, -0.05) is 53.1 Å². The van der Waals surface area contributed by atoms with Crippen LogP contribution in [-0.4, -0.2) is 75.0 Å². The summed E-state index contributed by atoms with van der Waals surface area (Å²) in [6.45, 7) is 11.2. The molecule has 0 atom stereocenters. The number of nitrogens with one attached hydrogen (secondary N) is 1. The summed E-state index contributed by atoms with van der Waals surface area (Å²) in [6.07, 6.45) is 4.99. The first-order valence-electron chi connectivity index (χ1n) is 14.4. The van der Waals surface area contributed by atoms with E-state index in [1.54, 1.807) is 36.4 Å². The van der Waals surface area contributed by atoms with Crippen molar-refractivity contribution in [3.8, 4) is 0 Å². The van der Waals surface area contributed by atoms with E-state index >= 15 is 0 Å². The van der Waals surface area contributed by atoms with Crippen molar-refractivity contribution in [2.24, 2.45) is 0 Å². The molecule has 2 heterocycles. The molecule has 1 saturated heterocycles. The lowest BCUT2D eigenvalue weighted by Gasteiger charge is -2.18. The number of nitrogens with zero attached hydrogens (tertiary/aromatic N) is 2. The highest BCUT2D eigenvalue weighted by Gasteiger charge is 2.09. The molecule has 1 fully saturated rings. The fourth-order valence-corrected chi connectivity index (χ4v) is 5.38. The van der Waals surface area contributed by atoms with Gasteiger partial charge in [-0.3, -0.25) is 23.5 Å². The zero-order chi connectivity index (χ0) is 35.1. The van der Waals surface area contributed by atoms with Crippen LogP contribution < -0.4 is 5.32 Å². The number of aryl methyl sites for hydroxylation is 3. The Kier molecular flexibility index (Phi) is 15.8. The zero-order valence-corrected chi connectivity index (χ0v) is 28.8. The van der Waals surface area contributed by atoms with Crippen LogP contribution in [0.3, 0.4) is 0 Å². The van der Waals surface area contributed by atoms with Crippen LogP contribution >= 0.6 is 0 Å². The third-order valence-electron chi connectivity index (χ3n) is 6.54. The second-order valence-corrected chi connectivity index (χ2v) is 14.9. The second kappa shape index (κ2) is 18.7. The number of benzene rings is 3. The first-order chi connectivity index (χ1) is 21.9. The normalized spacial score (nSPS) is 13.7. The molecule has 5 rings (SSSR count). The molecule has 1 aliphatic rings. The predicted molar refractivity (Wildman–Crippen MR) is 180 cm³/mol.